The molecule has 1 amide bonds. The summed E-state index contributed by atoms with van der Waals surface area (Å²) in [6.07, 6.45) is 3.97. The number of methoxy groups -OCH3 is 1. The Labute approximate surface area is 319 Å². The van der Waals surface area contributed by atoms with Crippen LogP contribution in [0.1, 0.15) is 58.1 Å². The summed E-state index contributed by atoms with van der Waals surface area (Å²) in [5.41, 5.74) is 9.34. The number of hydrogen-bond acceptors (Lipinski definition) is 6. The van der Waals surface area contributed by atoms with Crippen LogP contribution in [-0.2, 0) is 11.4 Å². The van der Waals surface area contributed by atoms with E-state index in [1.54, 1.807) is 7.11 Å². The predicted octanol–water partition coefficient (Wildman–Crippen LogP) is 10.6. The normalized spacial score (nSPS) is 19.6. The zero-order valence-corrected chi connectivity index (χ0v) is 31.9. The number of amides is 1. The zero-order chi connectivity index (χ0) is 34.9. The van der Waals surface area contributed by atoms with Gasteiger partial charge in [0.05, 0.1) is 22.2 Å². The molecular weight excluding hydrogens is 786 g/mol. The van der Waals surface area contributed by atoms with E-state index in [2.05, 4.69) is 115 Å². The van der Waals surface area contributed by atoms with E-state index in [4.69, 9.17) is 14.5 Å². The molecule has 2 atom stereocenters. The highest BCUT2D eigenvalue weighted by molar-refractivity contribution is 9.10. The fourth-order valence-electron chi connectivity index (χ4n) is 7.35. The van der Waals surface area contributed by atoms with E-state index in [1.165, 1.54) is 39.7 Å². The third-order valence-corrected chi connectivity index (χ3v) is 11.8. The molecule has 3 heterocycles. The topological polar surface area (TPSA) is 63.2 Å². The summed E-state index contributed by atoms with van der Waals surface area (Å²) in [6.45, 7) is 2.46. The van der Waals surface area contributed by atoms with Crippen LogP contribution >= 0.6 is 43.6 Å². The molecule has 0 radical (unpaired) electrons. The van der Waals surface area contributed by atoms with E-state index in [0.29, 0.717) is 28.2 Å². The summed E-state index contributed by atoms with van der Waals surface area (Å²) >= 11 is 8.49. The lowest BCUT2D eigenvalue weighted by atomic mass is 9.76. The van der Waals surface area contributed by atoms with Crippen LogP contribution in [0.3, 0.4) is 0 Å². The second-order valence-corrected chi connectivity index (χ2v) is 15.7. The molecule has 1 fully saturated rings. The van der Waals surface area contributed by atoms with Gasteiger partial charge >= 0.3 is 0 Å². The first-order chi connectivity index (χ1) is 24.9. The number of halogens is 2. The van der Waals surface area contributed by atoms with Gasteiger partial charge in [-0.15, -0.1) is 0 Å². The summed E-state index contributed by atoms with van der Waals surface area (Å²) in [4.78, 5) is 21.5. The fourth-order valence-corrected chi connectivity index (χ4v) is 9.03. The number of carbonyl (C=O) groups excluding carboxylic acids is 1. The highest BCUT2D eigenvalue weighted by atomic mass is 79.9. The van der Waals surface area contributed by atoms with E-state index >= 15 is 0 Å². The van der Waals surface area contributed by atoms with Crippen LogP contribution < -0.4 is 19.7 Å². The first-order valence-electron chi connectivity index (χ1n) is 17.0. The second kappa shape index (κ2) is 14.7. The van der Waals surface area contributed by atoms with Crippen molar-refractivity contribution in [1.29, 1.82) is 0 Å². The molecule has 8 rings (SSSR count). The van der Waals surface area contributed by atoms with Gasteiger partial charge in [-0.25, -0.2) is 4.99 Å². The second-order valence-electron chi connectivity index (χ2n) is 12.9. The number of aliphatic imine (C=N–C) groups is 1. The molecule has 0 aliphatic carbocycles. The van der Waals surface area contributed by atoms with Crippen molar-refractivity contribution < 1.29 is 14.3 Å². The lowest BCUT2D eigenvalue weighted by molar-refractivity contribution is -0.115. The van der Waals surface area contributed by atoms with Crippen LogP contribution in [0.2, 0.25) is 0 Å². The predicted molar refractivity (Wildman–Crippen MR) is 214 cm³/mol. The summed E-state index contributed by atoms with van der Waals surface area (Å²) < 4.78 is 13.6. The van der Waals surface area contributed by atoms with Crippen LogP contribution in [0, 0.1) is 0 Å². The third kappa shape index (κ3) is 7.12. The Morgan fingerprint density at radius 2 is 1.49 bits per heavy atom. The van der Waals surface area contributed by atoms with Crippen molar-refractivity contribution in [2.24, 2.45) is 4.99 Å². The van der Waals surface area contributed by atoms with Gasteiger partial charge in [0, 0.05) is 35.1 Å². The Morgan fingerprint density at radius 3 is 2.10 bits per heavy atom. The molecule has 1 saturated heterocycles. The maximum Gasteiger partial charge on any atom is 0.264 e. The lowest BCUT2D eigenvalue weighted by Crippen LogP contribution is -2.37. The Hall–Kier alpha value is -4.31. The van der Waals surface area contributed by atoms with Crippen molar-refractivity contribution in [1.82, 2.24) is 5.32 Å². The number of carbonyl (C=O) groups is 1. The molecule has 0 aromatic heterocycles. The largest absolute Gasteiger partial charge is 0.493 e. The zero-order valence-electron chi connectivity index (χ0n) is 27.9. The molecule has 51 heavy (non-hydrogen) atoms. The molecule has 256 valence electrons. The Morgan fingerprint density at radius 1 is 0.863 bits per heavy atom. The SMILES string of the molecule is COc1cc(/C=C2\SC(=Nc3cc4c5c(c3)[C@@H](c3ccccc3)CCN5CC[C@@H]4c3ccccc3)NC2=O)cc(Br)c1OCc1ccc(Br)cc1. The van der Waals surface area contributed by atoms with E-state index in [-0.39, 0.29) is 17.7 Å². The Bertz CT molecular complexity index is 2080. The number of thioether (sulfide) groups is 1. The number of nitrogens with zero attached hydrogens (tertiary/aromatic N) is 2. The van der Waals surface area contributed by atoms with Crippen LogP contribution in [0.15, 0.2) is 128 Å². The minimum absolute atomic E-state index is 0.181. The smallest absolute Gasteiger partial charge is 0.264 e. The van der Waals surface area contributed by atoms with Gasteiger partial charge in [-0.05, 0) is 116 Å². The lowest BCUT2D eigenvalue weighted by Gasteiger charge is -2.43. The number of anilines is 1. The third-order valence-electron chi connectivity index (χ3n) is 9.73. The molecule has 5 aromatic rings. The quantitative estimate of drug-likeness (QED) is 0.158. The van der Waals surface area contributed by atoms with Crippen molar-refractivity contribution in [3.8, 4) is 11.5 Å². The van der Waals surface area contributed by atoms with E-state index in [9.17, 15) is 4.79 Å². The van der Waals surface area contributed by atoms with Crippen molar-refractivity contribution >= 4 is 72.1 Å². The first kappa shape index (κ1) is 33.8. The molecule has 0 bridgehead atoms. The van der Waals surface area contributed by atoms with E-state index in [0.717, 1.165) is 51.7 Å². The summed E-state index contributed by atoms with van der Waals surface area (Å²) in [6, 6.07) is 37.9. The first-order valence-corrected chi connectivity index (χ1v) is 19.4. The standard InChI is InChI=1S/C42H35Br2N3O3S/c1-49-37-21-27(20-36(44)40(37)50-25-26-12-14-30(43)15-13-26)22-38-41(48)46-42(51-38)45-31-23-34-32(28-8-4-2-5-9-28)16-18-47-19-17-33(35(24-31)39(34)47)29-10-6-3-7-11-29/h2-15,20-24,32-33H,16-19,25H2,1H3,(H,45,46,48)/b38-22-/t32-,33-/m1/s1. The molecule has 5 aromatic carbocycles. The molecule has 0 saturated carbocycles. The fraction of sp³-hybridized carbons (Fsp3) is 0.190. The summed E-state index contributed by atoms with van der Waals surface area (Å²) in [7, 11) is 1.61. The number of amidine groups is 1. The summed E-state index contributed by atoms with van der Waals surface area (Å²) in [5.74, 6) is 1.55. The highest BCUT2D eigenvalue weighted by Crippen LogP contribution is 2.50. The average molecular weight is 822 g/mol. The van der Waals surface area contributed by atoms with Crippen molar-refractivity contribution in [2.75, 3.05) is 25.1 Å². The maximum absolute atomic E-state index is 13.3. The van der Waals surface area contributed by atoms with E-state index < -0.39 is 0 Å². The minimum Gasteiger partial charge on any atom is -0.493 e. The number of rotatable bonds is 8. The van der Waals surface area contributed by atoms with Gasteiger partial charge in [-0.3, -0.25) is 4.79 Å². The van der Waals surface area contributed by atoms with Gasteiger partial charge in [0.15, 0.2) is 16.7 Å². The average Bonchev–Trinajstić information content (AvgIpc) is 3.49. The van der Waals surface area contributed by atoms with Gasteiger partial charge in [-0.1, -0.05) is 88.7 Å². The number of ether oxygens (including phenoxy) is 2. The minimum atomic E-state index is -0.181. The molecule has 6 nitrogen and oxygen atoms in total. The molecular formula is C42H35Br2N3O3S. The summed E-state index contributed by atoms with van der Waals surface area (Å²) in [5, 5.41) is 3.58. The van der Waals surface area contributed by atoms with E-state index in [1.807, 2.05) is 42.5 Å². The number of hydrogen-bond donors (Lipinski definition) is 1. The highest BCUT2D eigenvalue weighted by Gasteiger charge is 2.35. The van der Waals surface area contributed by atoms with Crippen LogP contribution in [-0.4, -0.2) is 31.3 Å². The van der Waals surface area contributed by atoms with Gasteiger partial charge in [0.1, 0.15) is 6.61 Å². The van der Waals surface area contributed by atoms with Crippen LogP contribution in [0.4, 0.5) is 11.4 Å². The molecule has 1 N–H and O–H groups in total. The monoisotopic (exact) mass is 819 g/mol. The molecule has 0 spiro atoms. The molecule has 3 aliphatic heterocycles. The molecule has 9 heteroatoms. The Balaban J connectivity index is 1.11. The Kier molecular flexibility index (Phi) is 9.77. The molecule has 3 aliphatic rings. The van der Waals surface area contributed by atoms with Gasteiger partial charge in [0.2, 0.25) is 0 Å². The number of nitrogens with one attached hydrogen (secondary N) is 1. The van der Waals surface area contributed by atoms with Gasteiger partial charge in [0.25, 0.3) is 5.91 Å². The van der Waals surface area contributed by atoms with Gasteiger partial charge < -0.3 is 19.7 Å². The van der Waals surface area contributed by atoms with Crippen molar-refractivity contribution in [3.05, 3.63) is 156 Å². The van der Waals surface area contributed by atoms with Crippen LogP contribution in [0.5, 0.6) is 11.5 Å². The molecule has 0 unspecified atom stereocenters. The van der Waals surface area contributed by atoms with Crippen molar-refractivity contribution in [2.45, 2.75) is 31.3 Å². The maximum atomic E-state index is 13.3. The number of benzene rings is 5. The van der Waals surface area contributed by atoms with Crippen molar-refractivity contribution in [3.63, 3.8) is 0 Å². The van der Waals surface area contributed by atoms with Gasteiger partial charge in [-0.2, -0.15) is 0 Å². The van der Waals surface area contributed by atoms with Crippen LogP contribution in [0.25, 0.3) is 6.08 Å².